The molecule has 0 aliphatic heterocycles. The van der Waals surface area contributed by atoms with Crippen LogP contribution in [0.1, 0.15) is 20.3 Å². The van der Waals surface area contributed by atoms with E-state index in [1.54, 1.807) is 32.4 Å². The molecule has 0 spiro atoms. The van der Waals surface area contributed by atoms with E-state index >= 15 is 0 Å². The molecule has 5 nitrogen and oxygen atoms in total. The van der Waals surface area contributed by atoms with Crippen LogP contribution in [0.5, 0.6) is 11.5 Å². The van der Waals surface area contributed by atoms with E-state index in [9.17, 15) is 4.79 Å². The number of benzene rings is 1. The van der Waals surface area contributed by atoms with Gasteiger partial charge < -0.3 is 20.5 Å². The zero-order valence-corrected chi connectivity index (χ0v) is 11.9. The summed E-state index contributed by atoms with van der Waals surface area (Å²) in [6.45, 7) is 3.98. The number of carbonyl (C=O) groups excluding carboxylic acids is 1. The predicted molar refractivity (Wildman–Crippen MR) is 75.6 cm³/mol. The Balaban J connectivity index is 2.73. The third-order valence-electron chi connectivity index (χ3n) is 2.96. The molecule has 1 rings (SSSR count). The maximum atomic E-state index is 11.9. The lowest BCUT2D eigenvalue weighted by Crippen LogP contribution is -2.31. The van der Waals surface area contributed by atoms with Gasteiger partial charge in [0.2, 0.25) is 5.91 Å². The minimum Gasteiger partial charge on any atom is -0.497 e. The minimum atomic E-state index is -0.149. The van der Waals surface area contributed by atoms with Crippen molar-refractivity contribution in [3.8, 4) is 11.5 Å². The van der Waals surface area contributed by atoms with Crippen molar-refractivity contribution in [2.75, 3.05) is 19.5 Å². The van der Waals surface area contributed by atoms with Crippen LogP contribution < -0.4 is 20.5 Å². The van der Waals surface area contributed by atoms with E-state index in [4.69, 9.17) is 15.2 Å². The van der Waals surface area contributed by atoms with Gasteiger partial charge in [0.1, 0.15) is 11.5 Å². The Morgan fingerprint density at radius 1 is 1.32 bits per heavy atom. The molecule has 106 valence electrons. The quantitative estimate of drug-likeness (QED) is 0.826. The van der Waals surface area contributed by atoms with Crippen molar-refractivity contribution >= 4 is 11.6 Å². The summed E-state index contributed by atoms with van der Waals surface area (Å²) in [5.74, 6) is 1.38. The second-order valence-electron chi connectivity index (χ2n) is 4.73. The largest absolute Gasteiger partial charge is 0.497 e. The van der Waals surface area contributed by atoms with Crippen LogP contribution >= 0.6 is 0 Å². The molecule has 1 atom stereocenters. The van der Waals surface area contributed by atoms with Crippen molar-refractivity contribution < 1.29 is 14.3 Å². The monoisotopic (exact) mass is 266 g/mol. The van der Waals surface area contributed by atoms with Crippen molar-refractivity contribution in [1.82, 2.24) is 0 Å². The summed E-state index contributed by atoms with van der Waals surface area (Å²) in [7, 11) is 3.12. The lowest BCUT2D eigenvalue weighted by atomic mass is 10.0. The Morgan fingerprint density at radius 3 is 2.53 bits per heavy atom. The first-order valence-corrected chi connectivity index (χ1v) is 6.25. The Hall–Kier alpha value is -1.75. The average Bonchev–Trinajstić information content (AvgIpc) is 2.38. The highest BCUT2D eigenvalue weighted by Crippen LogP contribution is 2.29. The number of methoxy groups -OCH3 is 2. The van der Waals surface area contributed by atoms with Gasteiger partial charge in [0.15, 0.2) is 0 Å². The second kappa shape index (κ2) is 6.99. The van der Waals surface area contributed by atoms with Crippen LogP contribution in [0.15, 0.2) is 18.2 Å². The van der Waals surface area contributed by atoms with Gasteiger partial charge in [-0.3, -0.25) is 4.79 Å². The summed E-state index contributed by atoms with van der Waals surface area (Å²) in [6.07, 6.45) is 0.285. The van der Waals surface area contributed by atoms with E-state index in [2.05, 4.69) is 5.32 Å². The molecule has 0 aliphatic carbocycles. The Kier molecular flexibility index (Phi) is 5.63. The topological polar surface area (TPSA) is 73.6 Å². The van der Waals surface area contributed by atoms with Crippen molar-refractivity contribution in [3.63, 3.8) is 0 Å². The molecule has 1 aromatic carbocycles. The van der Waals surface area contributed by atoms with Crippen LogP contribution in [-0.2, 0) is 4.79 Å². The lowest BCUT2D eigenvalue weighted by molar-refractivity contribution is -0.116. The number of ether oxygens (including phenoxy) is 2. The molecular weight excluding hydrogens is 244 g/mol. The van der Waals surface area contributed by atoms with E-state index in [0.29, 0.717) is 17.2 Å². The molecule has 0 aliphatic rings. The van der Waals surface area contributed by atoms with E-state index in [1.807, 2.05) is 13.8 Å². The maximum absolute atomic E-state index is 11.9. The molecule has 1 unspecified atom stereocenters. The first-order chi connectivity index (χ1) is 8.97. The summed E-state index contributed by atoms with van der Waals surface area (Å²) >= 11 is 0. The smallest absolute Gasteiger partial charge is 0.226 e. The average molecular weight is 266 g/mol. The van der Waals surface area contributed by atoms with Gasteiger partial charge in [0.25, 0.3) is 0 Å². The Labute approximate surface area is 114 Å². The van der Waals surface area contributed by atoms with Crippen LogP contribution in [0.2, 0.25) is 0 Å². The van der Waals surface area contributed by atoms with Crippen molar-refractivity contribution in [2.45, 2.75) is 26.3 Å². The summed E-state index contributed by atoms with van der Waals surface area (Å²) < 4.78 is 10.3. The van der Waals surface area contributed by atoms with Crippen molar-refractivity contribution in [1.29, 1.82) is 0 Å². The van der Waals surface area contributed by atoms with E-state index in [1.165, 1.54) is 0 Å². The number of hydrogen-bond acceptors (Lipinski definition) is 4. The van der Waals surface area contributed by atoms with Crippen molar-refractivity contribution in [2.24, 2.45) is 11.7 Å². The minimum absolute atomic E-state index is 0.121. The van der Waals surface area contributed by atoms with Gasteiger partial charge in [0.05, 0.1) is 19.9 Å². The van der Waals surface area contributed by atoms with Gasteiger partial charge in [0, 0.05) is 18.5 Å². The van der Waals surface area contributed by atoms with E-state index in [0.717, 1.165) is 0 Å². The number of nitrogens with one attached hydrogen (secondary N) is 1. The number of nitrogens with two attached hydrogens (primary N) is 1. The van der Waals surface area contributed by atoms with Gasteiger partial charge in [-0.2, -0.15) is 0 Å². The van der Waals surface area contributed by atoms with E-state index in [-0.39, 0.29) is 24.3 Å². The van der Waals surface area contributed by atoms with Crippen LogP contribution in [0.4, 0.5) is 5.69 Å². The number of carbonyl (C=O) groups is 1. The highest BCUT2D eigenvalue weighted by atomic mass is 16.5. The highest BCUT2D eigenvalue weighted by molar-refractivity contribution is 5.92. The Bertz CT molecular complexity index is 433. The summed E-state index contributed by atoms with van der Waals surface area (Å²) in [5.41, 5.74) is 6.49. The molecule has 1 amide bonds. The first kappa shape index (κ1) is 15.3. The Morgan fingerprint density at radius 2 is 2.00 bits per heavy atom. The number of anilines is 1. The highest BCUT2D eigenvalue weighted by Gasteiger charge is 2.14. The fourth-order valence-electron chi connectivity index (χ4n) is 1.55. The van der Waals surface area contributed by atoms with Crippen LogP contribution in [0.25, 0.3) is 0 Å². The number of rotatable bonds is 6. The molecule has 0 fully saturated rings. The fourth-order valence-corrected chi connectivity index (χ4v) is 1.55. The zero-order valence-electron chi connectivity index (χ0n) is 11.9. The summed E-state index contributed by atoms with van der Waals surface area (Å²) in [4.78, 5) is 11.9. The fraction of sp³-hybridized carbons (Fsp3) is 0.500. The molecule has 0 bridgehead atoms. The van der Waals surface area contributed by atoms with Gasteiger partial charge >= 0.3 is 0 Å². The number of hydrogen-bond donors (Lipinski definition) is 2. The van der Waals surface area contributed by atoms with Crippen molar-refractivity contribution in [3.05, 3.63) is 18.2 Å². The molecule has 0 heterocycles. The molecule has 0 aromatic heterocycles. The maximum Gasteiger partial charge on any atom is 0.226 e. The molecule has 1 aromatic rings. The molecule has 0 saturated heterocycles. The third-order valence-corrected chi connectivity index (χ3v) is 2.96. The van der Waals surface area contributed by atoms with Gasteiger partial charge in [-0.1, -0.05) is 13.8 Å². The molecular formula is C14H22N2O3. The first-order valence-electron chi connectivity index (χ1n) is 6.25. The van der Waals surface area contributed by atoms with Crippen LogP contribution in [-0.4, -0.2) is 26.2 Å². The summed E-state index contributed by atoms with van der Waals surface area (Å²) in [6, 6.07) is 5.08. The SMILES string of the molecule is COc1ccc(NC(=O)CC(N)C(C)C)c(OC)c1. The molecule has 3 N–H and O–H groups in total. The van der Waals surface area contributed by atoms with Gasteiger partial charge in [-0.15, -0.1) is 0 Å². The van der Waals surface area contributed by atoms with Crippen LogP contribution in [0.3, 0.4) is 0 Å². The molecule has 0 radical (unpaired) electrons. The predicted octanol–water partition coefficient (Wildman–Crippen LogP) is 2.02. The molecule has 0 saturated carbocycles. The second-order valence-corrected chi connectivity index (χ2v) is 4.73. The molecule has 5 heteroatoms. The van der Waals surface area contributed by atoms with E-state index < -0.39 is 0 Å². The van der Waals surface area contributed by atoms with Gasteiger partial charge in [-0.05, 0) is 18.1 Å². The lowest BCUT2D eigenvalue weighted by Gasteiger charge is -2.16. The third kappa shape index (κ3) is 4.44. The zero-order chi connectivity index (χ0) is 14.4. The molecule has 19 heavy (non-hydrogen) atoms. The summed E-state index contributed by atoms with van der Waals surface area (Å²) in [5, 5.41) is 2.80. The number of amides is 1. The standard InChI is InChI=1S/C14H22N2O3/c1-9(2)11(15)8-14(17)16-12-6-5-10(18-3)7-13(12)19-4/h5-7,9,11H,8,15H2,1-4H3,(H,16,17). The van der Waals surface area contributed by atoms with Crippen LogP contribution in [0, 0.1) is 5.92 Å². The normalized spacial score (nSPS) is 12.1. The van der Waals surface area contributed by atoms with Gasteiger partial charge in [-0.25, -0.2) is 0 Å².